The summed E-state index contributed by atoms with van der Waals surface area (Å²) in [5.41, 5.74) is 0.111. The largest absolute Gasteiger partial charge is 0.338 e. The van der Waals surface area contributed by atoms with E-state index in [4.69, 9.17) is 0 Å². The monoisotopic (exact) mass is 356 g/mol. The van der Waals surface area contributed by atoms with Crippen LogP contribution in [0.15, 0.2) is 4.79 Å². The van der Waals surface area contributed by atoms with Crippen LogP contribution in [0, 0.1) is 12.8 Å². The van der Waals surface area contributed by atoms with Gasteiger partial charge in [0.2, 0.25) is 0 Å². The van der Waals surface area contributed by atoms with Crippen LogP contribution in [0.25, 0.3) is 0 Å². The number of amides is 1. The lowest BCUT2D eigenvalue weighted by atomic mass is 9.95. The molecule has 2 heterocycles. The topological polar surface area (TPSA) is 78.1 Å². The number of likely N-dealkylation sites (tertiary alicyclic amines) is 1. The second-order valence-corrected chi connectivity index (χ2v) is 7.44. The third-order valence-corrected chi connectivity index (χ3v) is 4.32. The zero-order valence-corrected chi connectivity index (χ0v) is 16.0. The molecular formula is C17H29ClN4O2. The van der Waals surface area contributed by atoms with Gasteiger partial charge in [-0.05, 0) is 39.3 Å². The minimum atomic E-state index is -0.330. The second kappa shape index (κ2) is 8.12. The van der Waals surface area contributed by atoms with Gasteiger partial charge in [-0.25, -0.2) is 4.98 Å². The van der Waals surface area contributed by atoms with Gasteiger partial charge in [-0.15, -0.1) is 12.4 Å². The fourth-order valence-electron chi connectivity index (χ4n) is 3.06. The normalized spacial score (nSPS) is 18.2. The maximum atomic E-state index is 12.8. The van der Waals surface area contributed by atoms with E-state index in [0.29, 0.717) is 30.5 Å². The number of H-pyrrole nitrogens is 1. The molecule has 6 nitrogen and oxygen atoms in total. The van der Waals surface area contributed by atoms with Crippen LogP contribution in [0.2, 0.25) is 0 Å². The summed E-state index contributed by atoms with van der Waals surface area (Å²) in [5.74, 6) is 0.861. The maximum absolute atomic E-state index is 12.8. The molecule has 0 radical (unpaired) electrons. The summed E-state index contributed by atoms with van der Waals surface area (Å²) < 4.78 is 0. The number of hydrogen-bond acceptors (Lipinski definition) is 4. The molecule has 1 amide bonds. The molecule has 24 heavy (non-hydrogen) atoms. The van der Waals surface area contributed by atoms with Gasteiger partial charge in [-0.3, -0.25) is 9.59 Å². The van der Waals surface area contributed by atoms with E-state index in [2.05, 4.69) is 15.3 Å². The average molecular weight is 357 g/mol. The van der Waals surface area contributed by atoms with Crippen molar-refractivity contribution in [1.82, 2.24) is 20.2 Å². The van der Waals surface area contributed by atoms with Gasteiger partial charge in [0.05, 0.1) is 5.69 Å². The number of aryl methyl sites for hydroxylation is 1. The summed E-state index contributed by atoms with van der Waals surface area (Å²) in [7, 11) is 1.92. The van der Waals surface area contributed by atoms with Crippen LogP contribution in [-0.2, 0) is 5.41 Å². The van der Waals surface area contributed by atoms with Crippen LogP contribution in [-0.4, -0.2) is 47.5 Å². The predicted octanol–water partition coefficient (Wildman–Crippen LogP) is 1.87. The number of rotatable bonds is 3. The molecule has 1 aromatic rings. The fourth-order valence-corrected chi connectivity index (χ4v) is 3.06. The number of aromatic amines is 1. The molecule has 1 unspecified atom stereocenters. The quantitative estimate of drug-likeness (QED) is 0.866. The first-order chi connectivity index (χ1) is 10.7. The lowest BCUT2D eigenvalue weighted by Gasteiger charge is -2.33. The molecule has 0 bridgehead atoms. The van der Waals surface area contributed by atoms with E-state index in [1.165, 1.54) is 0 Å². The number of nitrogens with one attached hydrogen (secondary N) is 2. The van der Waals surface area contributed by atoms with E-state index in [1.54, 1.807) is 11.8 Å². The van der Waals surface area contributed by atoms with Gasteiger partial charge in [0.15, 0.2) is 0 Å². The van der Waals surface area contributed by atoms with Crippen LogP contribution in [0.1, 0.15) is 55.5 Å². The van der Waals surface area contributed by atoms with Gasteiger partial charge in [0.1, 0.15) is 11.4 Å². The number of nitrogens with zero attached hydrogens (tertiary/aromatic N) is 2. The molecule has 0 spiro atoms. The smallest absolute Gasteiger partial charge is 0.264 e. The molecule has 1 atom stereocenters. The number of hydrogen-bond donors (Lipinski definition) is 2. The van der Waals surface area contributed by atoms with Gasteiger partial charge < -0.3 is 15.2 Å². The Morgan fingerprint density at radius 2 is 2.08 bits per heavy atom. The summed E-state index contributed by atoms with van der Waals surface area (Å²) >= 11 is 0. The van der Waals surface area contributed by atoms with Crippen LogP contribution >= 0.6 is 12.4 Å². The Bertz CT molecular complexity index is 634. The third kappa shape index (κ3) is 4.57. The second-order valence-electron chi connectivity index (χ2n) is 7.44. The first-order valence-corrected chi connectivity index (χ1v) is 8.29. The van der Waals surface area contributed by atoms with E-state index >= 15 is 0 Å². The van der Waals surface area contributed by atoms with E-state index in [-0.39, 0.29) is 34.9 Å². The van der Waals surface area contributed by atoms with Crippen molar-refractivity contribution in [3.63, 3.8) is 0 Å². The van der Waals surface area contributed by atoms with E-state index in [9.17, 15) is 9.59 Å². The molecule has 1 saturated heterocycles. The Labute approximate surface area is 149 Å². The SMILES string of the molecule is CNCC1CCCN(C(=O)c2c(C)nc(C(C)(C)C)[nH]c2=O)C1.Cl. The van der Waals surface area contributed by atoms with Gasteiger partial charge in [-0.2, -0.15) is 0 Å². The van der Waals surface area contributed by atoms with Crippen LogP contribution in [0.5, 0.6) is 0 Å². The summed E-state index contributed by atoms with van der Waals surface area (Å²) in [4.78, 5) is 34.3. The maximum Gasteiger partial charge on any atom is 0.264 e. The number of halogens is 1. The van der Waals surface area contributed by atoms with Crippen molar-refractivity contribution in [2.24, 2.45) is 5.92 Å². The summed E-state index contributed by atoms with van der Waals surface area (Å²) in [5, 5.41) is 3.17. The fraction of sp³-hybridized carbons (Fsp3) is 0.706. The molecule has 1 fully saturated rings. The molecule has 1 aliphatic heterocycles. The average Bonchev–Trinajstić information content (AvgIpc) is 2.46. The summed E-state index contributed by atoms with van der Waals surface area (Å²) in [6.07, 6.45) is 2.09. The third-order valence-electron chi connectivity index (χ3n) is 4.32. The van der Waals surface area contributed by atoms with Gasteiger partial charge >= 0.3 is 0 Å². The zero-order chi connectivity index (χ0) is 17.2. The Morgan fingerprint density at radius 1 is 1.42 bits per heavy atom. The first kappa shape index (κ1) is 20.6. The molecule has 0 saturated carbocycles. The molecule has 1 aliphatic rings. The highest BCUT2D eigenvalue weighted by molar-refractivity contribution is 5.94. The lowest BCUT2D eigenvalue weighted by Crippen LogP contribution is -2.44. The van der Waals surface area contributed by atoms with Crippen molar-refractivity contribution < 1.29 is 4.79 Å². The van der Waals surface area contributed by atoms with Crippen molar-refractivity contribution in [2.45, 2.75) is 46.0 Å². The van der Waals surface area contributed by atoms with Crippen LogP contribution < -0.4 is 10.9 Å². The zero-order valence-electron chi connectivity index (χ0n) is 15.2. The number of aromatic nitrogens is 2. The van der Waals surface area contributed by atoms with Crippen molar-refractivity contribution >= 4 is 18.3 Å². The summed E-state index contributed by atoms with van der Waals surface area (Å²) in [6.45, 7) is 9.99. The highest BCUT2D eigenvalue weighted by Crippen LogP contribution is 2.20. The molecule has 1 aromatic heterocycles. The summed E-state index contributed by atoms with van der Waals surface area (Å²) in [6, 6.07) is 0. The minimum Gasteiger partial charge on any atom is -0.338 e. The molecule has 0 aromatic carbocycles. The van der Waals surface area contributed by atoms with Crippen molar-refractivity contribution in [3.05, 3.63) is 27.4 Å². The molecule has 136 valence electrons. The number of carbonyl (C=O) groups is 1. The lowest BCUT2D eigenvalue weighted by molar-refractivity contribution is 0.0671. The highest BCUT2D eigenvalue weighted by atomic mass is 35.5. The molecule has 2 N–H and O–H groups in total. The van der Waals surface area contributed by atoms with Gasteiger partial charge in [0.25, 0.3) is 11.5 Å². The van der Waals surface area contributed by atoms with Gasteiger partial charge in [0, 0.05) is 18.5 Å². The minimum absolute atomic E-state index is 0. The van der Waals surface area contributed by atoms with Gasteiger partial charge in [-0.1, -0.05) is 20.8 Å². The molecule has 7 heteroatoms. The van der Waals surface area contributed by atoms with Crippen LogP contribution in [0.4, 0.5) is 0 Å². The Balaban J connectivity index is 0.00000288. The molecule has 0 aliphatic carbocycles. The highest BCUT2D eigenvalue weighted by Gasteiger charge is 2.28. The van der Waals surface area contributed by atoms with E-state index in [1.807, 2.05) is 27.8 Å². The first-order valence-electron chi connectivity index (χ1n) is 8.29. The standard InChI is InChI=1S/C17H28N4O2.ClH/c1-11-13(14(22)20-16(19-11)17(2,3)4)15(23)21-8-6-7-12(10-21)9-18-5;/h12,18H,6-10H2,1-5H3,(H,19,20,22);1H. The van der Waals surface area contributed by atoms with Crippen molar-refractivity contribution in [3.8, 4) is 0 Å². The van der Waals surface area contributed by atoms with Crippen molar-refractivity contribution in [1.29, 1.82) is 0 Å². The predicted molar refractivity (Wildman–Crippen MR) is 98.1 cm³/mol. The van der Waals surface area contributed by atoms with E-state index in [0.717, 1.165) is 19.4 Å². The molecule has 2 rings (SSSR count). The van der Waals surface area contributed by atoms with Crippen molar-refractivity contribution in [2.75, 3.05) is 26.7 Å². The Kier molecular flexibility index (Phi) is 6.98. The number of piperidine rings is 1. The van der Waals surface area contributed by atoms with E-state index < -0.39 is 0 Å². The van der Waals surface area contributed by atoms with Crippen LogP contribution in [0.3, 0.4) is 0 Å². The Hall–Kier alpha value is -1.40. The molecular weight excluding hydrogens is 328 g/mol. The number of carbonyl (C=O) groups excluding carboxylic acids is 1. The Morgan fingerprint density at radius 3 is 2.62 bits per heavy atom.